The lowest BCUT2D eigenvalue weighted by Crippen LogP contribution is -2.02. The summed E-state index contributed by atoms with van der Waals surface area (Å²) in [6.07, 6.45) is 0.455. The zero-order chi connectivity index (χ0) is 19.7. The van der Waals surface area contributed by atoms with Crippen LogP contribution in [0.4, 0.5) is 4.39 Å². The van der Waals surface area contributed by atoms with Crippen molar-refractivity contribution in [2.75, 3.05) is 6.61 Å². The van der Waals surface area contributed by atoms with E-state index in [1.54, 1.807) is 12.1 Å². The van der Waals surface area contributed by atoms with Crippen LogP contribution in [0, 0.1) is 5.82 Å². The summed E-state index contributed by atoms with van der Waals surface area (Å²) in [5.74, 6) is -0.254. The standard InChI is InChI=1S/C20H15ClFN3O3/c1-2-27-19-17-20(24-16(23-19)9-11-3-6-13(21)7-4-11)28-18(25-17)12-5-8-15(26)14(22)10-12/h3-8,10,26H,2,9H2,1H3. The van der Waals surface area contributed by atoms with Crippen molar-refractivity contribution in [3.63, 3.8) is 0 Å². The molecular weight excluding hydrogens is 385 g/mol. The lowest BCUT2D eigenvalue weighted by atomic mass is 10.1. The number of hydrogen-bond acceptors (Lipinski definition) is 6. The van der Waals surface area contributed by atoms with E-state index in [1.807, 2.05) is 19.1 Å². The highest BCUT2D eigenvalue weighted by molar-refractivity contribution is 6.30. The Bertz CT molecular complexity index is 1150. The average molecular weight is 400 g/mol. The summed E-state index contributed by atoms with van der Waals surface area (Å²) in [4.78, 5) is 13.2. The van der Waals surface area contributed by atoms with Gasteiger partial charge in [-0.15, -0.1) is 0 Å². The molecule has 0 aliphatic carbocycles. The first-order valence-corrected chi connectivity index (χ1v) is 8.95. The van der Waals surface area contributed by atoms with E-state index in [0.717, 1.165) is 11.6 Å². The molecule has 0 fully saturated rings. The van der Waals surface area contributed by atoms with Crippen molar-refractivity contribution in [1.82, 2.24) is 15.0 Å². The molecule has 8 heteroatoms. The number of phenolic OH excluding ortho intramolecular Hbond substituents is 1. The lowest BCUT2D eigenvalue weighted by molar-refractivity contribution is 0.329. The van der Waals surface area contributed by atoms with Gasteiger partial charge in [0.15, 0.2) is 17.1 Å². The van der Waals surface area contributed by atoms with Gasteiger partial charge < -0.3 is 14.3 Å². The molecule has 0 atom stereocenters. The molecule has 2 aromatic carbocycles. The average Bonchev–Trinajstić information content (AvgIpc) is 3.10. The van der Waals surface area contributed by atoms with Gasteiger partial charge in [0.1, 0.15) is 5.82 Å². The Hall–Kier alpha value is -3.19. The number of ether oxygens (including phenoxy) is 1. The summed E-state index contributed by atoms with van der Waals surface area (Å²) < 4.78 is 25.0. The molecule has 4 rings (SSSR count). The quantitative estimate of drug-likeness (QED) is 0.520. The Morgan fingerprint density at radius 1 is 1.11 bits per heavy atom. The second kappa shape index (κ2) is 7.44. The maximum absolute atomic E-state index is 13.7. The molecule has 0 saturated heterocycles. The van der Waals surface area contributed by atoms with Crippen molar-refractivity contribution in [2.45, 2.75) is 13.3 Å². The fourth-order valence-electron chi connectivity index (χ4n) is 2.70. The highest BCUT2D eigenvalue weighted by Gasteiger charge is 2.18. The summed E-state index contributed by atoms with van der Waals surface area (Å²) in [6, 6.07) is 11.3. The van der Waals surface area contributed by atoms with Gasteiger partial charge in [0, 0.05) is 17.0 Å². The predicted octanol–water partition coefficient (Wildman–Crippen LogP) is 4.77. The Morgan fingerprint density at radius 2 is 1.89 bits per heavy atom. The van der Waals surface area contributed by atoms with E-state index in [9.17, 15) is 9.50 Å². The van der Waals surface area contributed by atoms with Crippen LogP contribution in [-0.2, 0) is 6.42 Å². The molecule has 0 saturated carbocycles. The van der Waals surface area contributed by atoms with Crippen LogP contribution in [0.2, 0.25) is 5.02 Å². The first kappa shape index (κ1) is 18.2. The van der Waals surface area contributed by atoms with Gasteiger partial charge in [-0.25, -0.2) is 9.37 Å². The minimum absolute atomic E-state index is 0.160. The third-order valence-electron chi connectivity index (χ3n) is 4.02. The second-order valence-corrected chi connectivity index (χ2v) is 6.46. The van der Waals surface area contributed by atoms with Gasteiger partial charge in [0.2, 0.25) is 11.8 Å². The Balaban J connectivity index is 1.76. The van der Waals surface area contributed by atoms with Crippen molar-refractivity contribution < 1.29 is 18.7 Å². The van der Waals surface area contributed by atoms with Crippen LogP contribution >= 0.6 is 11.6 Å². The molecular formula is C20H15ClFN3O3. The molecule has 6 nitrogen and oxygen atoms in total. The number of oxazole rings is 1. The number of aromatic nitrogens is 3. The number of hydrogen-bond donors (Lipinski definition) is 1. The Morgan fingerprint density at radius 3 is 2.61 bits per heavy atom. The molecule has 2 heterocycles. The minimum Gasteiger partial charge on any atom is -0.505 e. The van der Waals surface area contributed by atoms with E-state index in [0.29, 0.717) is 40.8 Å². The molecule has 2 aromatic heterocycles. The van der Waals surface area contributed by atoms with Gasteiger partial charge in [-0.1, -0.05) is 23.7 Å². The van der Waals surface area contributed by atoms with Crippen molar-refractivity contribution in [3.05, 3.63) is 64.7 Å². The summed E-state index contributed by atoms with van der Waals surface area (Å²) in [5, 5.41) is 10.0. The van der Waals surface area contributed by atoms with Gasteiger partial charge in [-0.05, 0) is 42.8 Å². The zero-order valence-corrected chi connectivity index (χ0v) is 15.6. The third-order valence-corrected chi connectivity index (χ3v) is 4.28. The fourth-order valence-corrected chi connectivity index (χ4v) is 2.83. The van der Waals surface area contributed by atoms with Gasteiger partial charge in [-0.3, -0.25) is 0 Å². The molecule has 4 aromatic rings. The fraction of sp³-hybridized carbons (Fsp3) is 0.150. The largest absolute Gasteiger partial charge is 0.505 e. The van der Waals surface area contributed by atoms with Crippen molar-refractivity contribution in [1.29, 1.82) is 0 Å². The van der Waals surface area contributed by atoms with Crippen molar-refractivity contribution in [2.24, 2.45) is 0 Å². The summed E-state index contributed by atoms with van der Waals surface area (Å²) >= 11 is 5.92. The van der Waals surface area contributed by atoms with E-state index >= 15 is 0 Å². The van der Waals surface area contributed by atoms with Crippen LogP contribution < -0.4 is 4.74 Å². The highest BCUT2D eigenvalue weighted by atomic mass is 35.5. The Labute approximate surface area is 164 Å². The number of halogens is 2. The molecule has 0 spiro atoms. The van der Waals surface area contributed by atoms with Crippen LogP contribution in [0.5, 0.6) is 11.6 Å². The van der Waals surface area contributed by atoms with Crippen LogP contribution in [-0.4, -0.2) is 26.7 Å². The number of benzene rings is 2. The van der Waals surface area contributed by atoms with Gasteiger partial charge in [0.05, 0.1) is 6.61 Å². The smallest absolute Gasteiger partial charge is 0.254 e. The molecule has 0 bridgehead atoms. The molecule has 0 aliphatic rings. The molecule has 1 N–H and O–H groups in total. The Kier molecular flexibility index (Phi) is 4.83. The number of fused-ring (bicyclic) bond motifs is 1. The van der Waals surface area contributed by atoms with E-state index in [-0.39, 0.29) is 11.6 Å². The molecule has 142 valence electrons. The number of phenols is 1. The van der Waals surface area contributed by atoms with Crippen molar-refractivity contribution in [3.8, 4) is 23.1 Å². The first-order valence-electron chi connectivity index (χ1n) is 8.57. The molecule has 0 unspecified atom stereocenters. The minimum atomic E-state index is -0.765. The topological polar surface area (TPSA) is 81.3 Å². The normalized spacial score (nSPS) is 11.1. The van der Waals surface area contributed by atoms with E-state index < -0.39 is 11.6 Å². The van der Waals surface area contributed by atoms with Gasteiger partial charge in [0.25, 0.3) is 5.71 Å². The molecule has 0 radical (unpaired) electrons. The summed E-state index contributed by atoms with van der Waals surface area (Å²) in [5.41, 5.74) is 1.94. The maximum Gasteiger partial charge on any atom is 0.254 e. The highest BCUT2D eigenvalue weighted by Crippen LogP contribution is 2.30. The number of nitrogens with zero attached hydrogens (tertiary/aromatic N) is 3. The van der Waals surface area contributed by atoms with Crippen LogP contribution in [0.3, 0.4) is 0 Å². The van der Waals surface area contributed by atoms with E-state index in [2.05, 4.69) is 15.0 Å². The van der Waals surface area contributed by atoms with E-state index in [1.165, 1.54) is 12.1 Å². The molecule has 28 heavy (non-hydrogen) atoms. The lowest BCUT2D eigenvalue weighted by Gasteiger charge is -2.05. The SMILES string of the molecule is CCOc1nc(Cc2ccc(Cl)cc2)nc2oc(-c3ccc(O)c(F)c3)nc12. The molecule has 0 amide bonds. The van der Waals surface area contributed by atoms with Crippen LogP contribution in [0.25, 0.3) is 22.7 Å². The number of rotatable bonds is 5. The monoisotopic (exact) mass is 399 g/mol. The van der Waals surface area contributed by atoms with Crippen molar-refractivity contribution >= 4 is 22.8 Å². The van der Waals surface area contributed by atoms with Crippen LogP contribution in [0.15, 0.2) is 46.9 Å². The first-order chi connectivity index (χ1) is 13.5. The predicted molar refractivity (Wildman–Crippen MR) is 102 cm³/mol. The van der Waals surface area contributed by atoms with E-state index in [4.69, 9.17) is 20.8 Å². The zero-order valence-electron chi connectivity index (χ0n) is 14.8. The third kappa shape index (κ3) is 3.61. The maximum atomic E-state index is 13.7. The number of aromatic hydroxyl groups is 1. The van der Waals surface area contributed by atoms with Gasteiger partial charge in [-0.2, -0.15) is 9.97 Å². The molecule has 0 aliphatic heterocycles. The van der Waals surface area contributed by atoms with Crippen LogP contribution in [0.1, 0.15) is 18.3 Å². The second-order valence-electron chi connectivity index (χ2n) is 6.02. The summed E-state index contributed by atoms with van der Waals surface area (Å²) in [7, 11) is 0. The van der Waals surface area contributed by atoms with Gasteiger partial charge >= 0.3 is 0 Å². The summed E-state index contributed by atoms with van der Waals surface area (Å²) in [6.45, 7) is 2.23.